The zero-order chi connectivity index (χ0) is 10.1. The van der Waals surface area contributed by atoms with Crippen LogP contribution in [0.5, 0.6) is 0 Å². The summed E-state index contributed by atoms with van der Waals surface area (Å²) in [5, 5.41) is 0. The van der Waals surface area contributed by atoms with Crippen molar-refractivity contribution in [2.45, 2.75) is 26.4 Å². The van der Waals surface area contributed by atoms with E-state index in [2.05, 4.69) is 0 Å². The van der Waals surface area contributed by atoms with Crippen LogP contribution in [0.3, 0.4) is 0 Å². The van der Waals surface area contributed by atoms with Crippen molar-refractivity contribution >= 4 is 6.29 Å². The summed E-state index contributed by atoms with van der Waals surface area (Å²) < 4.78 is 13.6. The van der Waals surface area contributed by atoms with Crippen LogP contribution >= 0.6 is 0 Å². The average molecular weight is 180 g/mol. The number of carbonyl (C=O) groups excluding carboxylic acids is 1. The van der Waals surface area contributed by atoms with Crippen LogP contribution in [-0.2, 0) is 10.5 Å². The van der Waals surface area contributed by atoms with E-state index in [1.54, 1.807) is 13.0 Å². The van der Waals surface area contributed by atoms with Crippen molar-refractivity contribution in [3.8, 4) is 0 Å². The van der Waals surface area contributed by atoms with Crippen molar-refractivity contribution in [1.29, 1.82) is 0 Å². The number of aldehydes is 1. The number of alkyl halides is 1. The van der Waals surface area contributed by atoms with E-state index >= 15 is 0 Å². The molecule has 1 nitrogen and oxygen atoms in total. The molecule has 70 valence electrons. The molecule has 0 fully saturated rings. The van der Waals surface area contributed by atoms with Gasteiger partial charge in [0, 0.05) is 0 Å². The fourth-order valence-electron chi connectivity index (χ4n) is 1.33. The summed E-state index contributed by atoms with van der Waals surface area (Å²) >= 11 is 0. The van der Waals surface area contributed by atoms with Gasteiger partial charge in [-0.1, -0.05) is 23.8 Å². The third kappa shape index (κ3) is 1.94. The lowest BCUT2D eigenvalue weighted by molar-refractivity contribution is -0.117. The summed E-state index contributed by atoms with van der Waals surface area (Å²) in [5.74, 6) is 0. The largest absolute Gasteiger partial charge is 0.299 e. The van der Waals surface area contributed by atoms with E-state index in [0.717, 1.165) is 11.1 Å². The first kappa shape index (κ1) is 9.90. The van der Waals surface area contributed by atoms with Crippen LogP contribution in [0.2, 0.25) is 0 Å². The molecule has 0 aliphatic rings. The van der Waals surface area contributed by atoms with E-state index in [-0.39, 0.29) is 0 Å². The summed E-state index contributed by atoms with van der Waals surface area (Å²) in [6.45, 7) is 4.96. The van der Waals surface area contributed by atoms with E-state index in [9.17, 15) is 9.18 Å². The molecule has 0 saturated heterocycles. The first-order valence-corrected chi connectivity index (χ1v) is 4.20. The summed E-state index contributed by atoms with van der Waals surface area (Å²) in [4.78, 5) is 10.5. The summed E-state index contributed by atoms with van der Waals surface area (Å²) in [6, 6.07) is 5.44. The zero-order valence-corrected chi connectivity index (χ0v) is 8.10. The van der Waals surface area contributed by atoms with Crippen LogP contribution in [0.1, 0.15) is 23.6 Å². The van der Waals surface area contributed by atoms with Gasteiger partial charge in [0.05, 0.1) is 0 Å². The highest BCUT2D eigenvalue weighted by Gasteiger charge is 2.26. The molecule has 0 spiro atoms. The average Bonchev–Trinajstić information content (AvgIpc) is 2.09. The van der Waals surface area contributed by atoms with Crippen molar-refractivity contribution in [3.63, 3.8) is 0 Å². The fourth-order valence-corrected chi connectivity index (χ4v) is 1.33. The molecule has 0 heterocycles. The number of halogens is 1. The lowest BCUT2D eigenvalue weighted by atomic mass is 9.93. The Morgan fingerprint density at radius 1 is 1.38 bits per heavy atom. The van der Waals surface area contributed by atoms with Crippen LogP contribution < -0.4 is 0 Å². The molecule has 0 N–H and O–H groups in total. The number of carbonyl (C=O) groups is 1. The zero-order valence-electron chi connectivity index (χ0n) is 8.10. The molecule has 0 bridgehead atoms. The van der Waals surface area contributed by atoms with Gasteiger partial charge in [0.1, 0.15) is 0 Å². The predicted octanol–water partition coefficient (Wildman–Crippen LogP) is 2.69. The van der Waals surface area contributed by atoms with E-state index in [4.69, 9.17) is 0 Å². The fraction of sp³-hybridized carbons (Fsp3) is 0.364. The maximum atomic E-state index is 13.6. The summed E-state index contributed by atoms with van der Waals surface area (Å²) in [7, 11) is 0. The van der Waals surface area contributed by atoms with Crippen molar-refractivity contribution in [1.82, 2.24) is 0 Å². The van der Waals surface area contributed by atoms with Crippen LogP contribution in [-0.4, -0.2) is 6.29 Å². The van der Waals surface area contributed by atoms with Crippen molar-refractivity contribution in [2.24, 2.45) is 0 Å². The van der Waals surface area contributed by atoms with Crippen LogP contribution in [0.4, 0.5) is 4.39 Å². The monoisotopic (exact) mass is 180 g/mol. The van der Waals surface area contributed by atoms with Crippen molar-refractivity contribution in [3.05, 3.63) is 34.9 Å². The molecule has 13 heavy (non-hydrogen) atoms. The topological polar surface area (TPSA) is 17.1 Å². The lowest BCUT2D eigenvalue weighted by Gasteiger charge is -2.16. The number of rotatable bonds is 2. The van der Waals surface area contributed by atoms with Crippen LogP contribution in [0, 0.1) is 13.8 Å². The number of hydrogen-bond acceptors (Lipinski definition) is 1. The summed E-state index contributed by atoms with van der Waals surface area (Å²) in [6.07, 6.45) is 0.342. The maximum Gasteiger partial charge on any atom is 0.188 e. The van der Waals surface area contributed by atoms with Crippen molar-refractivity contribution in [2.75, 3.05) is 0 Å². The Morgan fingerprint density at radius 3 is 2.54 bits per heavy atom. The van der Waals surface area contributed by atoms with Crippen LogP contribution in [0.15, 0.2) is 18.2 Å². The first-order chi connectivity index (χ1) is 5.97. The van der Waals surface area contributed by atoms with Gasteiger partial charge >= 0.3 is 0 Å². The second-order valence-corrected chi connectivity index (χ2v) is 3.51. The van der Waals surface area contributed by atoms with Gasteiger partial charge in [0.25, 0.3) is 0 Å². The number of benzene rings is 1. The van der Waals surface area contributed by atoms with Gasteiger partial charge in [0.15, 0.2) is 12.0 Å². The third-order valence-electron chi connectivity index (χ3n) is 2.14. The standard InChI is InChI=1S/C11H13FO/c1-8-4-5-9(2)10(6-8)11(3,12)7-13/h4-7H,1-3H3. The third-order valence-corrected chi connectivity index (χ3v) is 2.14. The molecule has 1 rings (SSSR count). The molecular weight excluding hydrogens is 167 g/mol. The molecular formula is C11H13FO. The Kier molecular flexibility index (Phi) is 2.50. The molecule has 0 aromatic heterocycles. The minimum atomic E-state index is -1.86. The Labute approximate surface area is 77.6 Å². The molecule has 1 atom stereocenters. The van der Waals surface area contributed by atoms with Gasteiger partial charge in [0.2, 0.25) is 0 Å². The number of hydrogen-bond donors (Lipinski definition) is 0. The molecule has 0 amide bonds. The Morgan fingerprint density at radius 2 is 2.00 bits per heavy atom. The van der Waals surface area contributed by atoms with Crippen LogP contribution in [0.25, 0.3) is 0 Å². The van der Waals surface area contributed by atoms with Gasteiger partial charge in [-0.25, -0.2) is 4.39 Å². The highest BCUT2D eigenvalue weighted by Crippen LogP contribution is 2.26. The second kappa shape index (κ2) is 3.29. The Bertz CT molecular complexity index is 329. The number of aryl methyl sites for hydroxylation is 2. The van der Waals surface area contributed by atoms with E-state index in [1.165, 1.54) is 6.92 Å². The minimum Gasteiger partial charge on any atom is -0.299 e. The van der Waals surface area contributed by atoms with E-state index < -0.39 is 5.67 Å². The smallest absolute Gasteiger partial charge is 0.188 e. The second-order valence-electron chi connectivity index (χ2n) is 3.51. The van der Waals surface area contributed by atoms with Crippen molar-refractivity contribution < 1.29 is 9.18 Å². The maximum absolute atomic E-state index is 13.6. The quantitative estimate of drug-likeness (QED) is 0.639. The Balaban J connectivity index is 3.28. The predicted molar refractivity (Wildman–Crippen MR) is 50.4 cm³/mol. The molecule has 0 saturated carbocycles. The SMILES string of the molecule is Cc1ccc(C)c(C(C)(F)C=O)c1. The molecule has 0 radical (unpaired) electrons. The molecule has 1 aromatic rings. The summed E-state index contributed by atoms with van der Waals surface area (Å²) in [5.41, 5.74) is 0.368. The van der Waals surface area contributed by atoms with Gasteiger partial charge in [-0.3, -0.25) is 4.79 Å². The Hall–Kier alpha value is -1.18. The van der Waals surface area contributed by atoms with E-state index in [1.807, 2.05) is 19.1 Å². The highest BCUT2D eigenvalue weighted by atomic mass is 19.1. The van der Waals surface area contributed by atoms with E-state index in [0.29, 0.717) is 11.8 Å². The first-order valence-electron chi connectivity index (χ1n) is 4.20. The molecule has 2 heteroatoms. The highest BCUT2D eigenvalue weighted by molar-refractivity contribution is 5.66. The van der Waals surface area contributed by atoms with Gasteiger partial charge in [-0.2, -0.15) is 0 Å². The lowest BCUT2D eigenvalue weighted by Crippen LogP contribution is -2.18. The molecule has 0 aliphatic carbocycles. The van der Waals surface area contributed by atoms with Gasteiger partial charge < -0.3 is 0 Å². The molecule has 0 aliphatic heterocycles. The molecule has 1 unspecified atom stereocenters. The van der Waals surface area contributed by atoms with Gasteiger partial charge in [-0.15, -0.1) is 0 Å². The minimum absolute atomic E-state index is 0.342. The normalized spacial score (nSPS) is 15.1. The van der Waals surface area contributed by atoms with Gasteiger partial charge in [-0.05, 0) is 31.9 Å². The molecule has 1 aromatic carbocycles.